The zero-order valence-electron chi connectivity index (χ0n) is 22.0. The molecule has 37 heavy (non-hydrogen) atoms. The molecular formula is C37H34. The summed E-state index contributed by atoms with van der Waals surface area (Å²) in [5, 5.41) is 0. The van der Waals surface area contributed by atoms with E-state index in [9.17, 15) is 0 Å². The molecule has 1 fully saturated rings. The summed E-state index contributed by atoms with van der Waals surface area (Å²) in [6.07, 6.45) is 6.33. The van der Waals surface area contributed by atoms with Gasteiger partial charge in [0.1, 0.15) is 0 Å². The highest BCUT2D eigenvalue weighted by Gasteiger charge is 2.58. The lowest BCUT2D eigenvalue weighted by molar-refractivity contribution is 0.337. The summed E-state index contributed by atoms with van der Waals surface area (Å²) < 4.78 is 0. The highest BCUT2D eigenvalue weighted by molar-refractivity contribution is 5.80. The Labute approximate surface area is 221 Å². The van der Waals surface area contributed by atoms with E-state index in [0.29, 0.717) is 17.8 Å². The van der Waals surface area contributed by atoms with E-state index in [1.807, 2.05) is 0 Å². The van der Waals surface area contributed by atoms with Crippen LogP contribution in [0.25, 0.3) is 11.1 Å². The lowest BCUT2D eigenvalue weighted by Gasteiger charge is -2.42. The van der Waals surface area contributed by atoms with Crippen molar-refractivity contribution < 1.29 is 0 Å². The van der Waals surface area contributed by atoms with Gasteiger partial charge in [-0.3, -0.25) is 0 Å². The number of fused-ring (bicyclic) bond motifs is 4. The van der Waals surface area contributed by atoms with Crippen LogP contribution in [-0.2, 0) is 5.41 Å². The van der Waals surface area contributed by atoms with Gasteiger partial charge in [0.2, 0.25) is 0 Å². The van der Waals surface area contributed by atoms with E-state index in [1.165, 1.54) is 39.0 Å². The number of hydrogen-bond acceptors (Lipinski definition) is 0. The molecule has 4 aromatic carbocycles. The molecule has 4 aromatic rings. The Morgan fingerprint density at radius 2 is 1.19 bits per heavy atom. The third kappa shape index (κ3) is 3.28. The standard InChI is InChI=1S/C37H34/c1-36(2,3)27-22-32-33(25-14-6-4-7-15-25)24-37(34(32)23-27,26-16-8-5-9-17-26)35-30-20-12-10-18-28(30)29-19-11-13-21-31(29)35/h4-23,33-35H,24H2,1-3H3. The summed E-state index contributed by atoms with van der Waals surface area (Å²) in [5.41, 5.74) is 11.8. The van der Waals surface area contributed by atoms with Crippen molar-refractivity contribution in [1.82, 2.24) is 0 Å². The zero-order chi connectivity index (χ0) is 25.2. The molecule has 3 atom stereocenters. The third-order valence-corrected chi connectivity index (χ3v) is 9.25. The van der Waals surface area contributed by atoms with E-state index < -0.39 is 0 Å². The molecule has 0 saturated heterocycles. The van der Waals surface area contributed by atoms with Crippen molar-refractivity contribution in [3.05, 3.63) is 155 Å². The highest BCUT2D eigenvalue weighted by atomic mass is 14.6. The van der Waals surface area contributed by atoms with Gasteiger partial charge in [-0.25, -0.2) is 0 Å². The fraction of sp³-hybridized carbons (Fsp3) is 0.243. The summed E-state index contributed by atoms with van der Waals surface area (Å²) in [7, 11) is 0. The van der Waals surface area contributed by atoms with Gasteiger partial charge in [-0.05, 0) is 50.8 Å². The maximum atomic E-state index is 2.65. The Morgan fingerprint density at radius 3 is 1.78 bits per heavy atom. The summed E-state index contributed by atoms with van der Waals surface area (Å²) in [6, 6.07) is 41.0. The molecule has 0 heterocycles. The molecule has 0 bridgehead atoms. The summed E-state index contributed by atoms with van der Waals surface area (Å²) in [6.45, 7) is 7.08. The topological polar surface area (TPSA) is 0 Å². The molecular weight excluding hydrogens is 444 g/mol. The van der Waals surface area contributed by atoms with E-state index in [2.05, 4.69) is 142 Å². The van der Waals surface area contributed by atoms with Crippen LogP contribution in [0.2, 0.25) is 0 Å². The number of hydrogen-bond donors (Lipinski definition) is 0. The van der Waals surface area contributed by atoms with Crippen LogP contribution in [0.15, 0.2) is 132 Å². The molecule has 0 amide bonds. The predicted molar refractivity (Wildman–Crippen MR) is 155 cm³/mol. The van der Waals surface area contributed by atoms with Crippen molar-refractivity contribution in [1.29, 1.82) is 0 Å². The van der Waals surface area contributed by atoms with Crippen LogP contribution < -0.4 is 0 Å². The molecule has 3 unspecified atom stereocenters. The lowest BCUT2D eigenvalue weighted by atomic mass is 9.60. The molecule has 0 nitrogen and oxygen atoms in total. The maximum Gasteiger partial charge on any atom is 0.0208 e. The van der Waals surface area contributed by atoms with Crippen molar-refractivity contribution in [2.45, 2.75) is 44.4 Å². The van der Waals surface area contributed by atoms with Crippen molar-refractivity contribution in [3.8, 4) is 11.1 Å². The Kier molecular flexibility index (Phi) is 4.99. The molecule has 0 aliphatic heterocycles. The lowest BCUT2D eigenvalue weighted by Crippen LogP contribution is -2.37. The average molecular weight is 479 g/mol. The molecule has 1 saturated carbocycles. The smallest absolute Gasteiger partial charge is 0.0208 e. The van der Waals surface area contributed by atoms with E-state index in [1.54, 1.807) is 5.57 Å². The molecule has 3 aliphatic rings. The van der Waals surface area contributed by atoms with Crippen LogP contribution in [0.3, 0.4) is 0 Å². The monoisotopic (exact) mass is 478 g/mol. The van der Waals surface area contributed by atoms with Crippen molar-refractivity contribution in [2.75, 3.05) is 0 Å². The molecule has 0 heteroatoms. The summed E-state index contributed by atoms with van der Waals surface area (Å²) in [4.78, 5) is 0. The van der Waals surface area contributed by atoms with E-state index in [-0.39, 0.29) is 10.8 Å². The van der Waals surface area contributed by atoms with Crippen LogP contribution in [0, 0.1) is 11.3 Å². The van der Waals surface area contributed by atoms with Crippen LogP contribution in [-0.4, -0.2) is 0 Å². The second-order valence-corrected chi connectivity index (χ2v) is 12.2. The largest absolute Gasteiger partial charge is 0.0726 e. The number of rotatable bonds is 3. The SMILES string of the molecule is CC(C)(C)C1=CC2C(=C1)C(c1ccccc1)CC2(c1ccccc1)C1c2ccccc2-c2ccccc21. The van der Waals surface area contributed by atoms with Gasteiger partial charge in [-0.2, -0.15) is 0 Å². The Morgan fingerprint density at radius 1 is 0.649 bits per heavy atom. The van der Waals surface area contributed by atoms with Crippen molar-refractivity contribution in [2.24, 2.45) is 11.3 Å². The summed E-state index contributed by atoms with van der Waals surface area (Å²) in [5.74, 6) is 1.07. The van der Waals surface area contributed by atoms with Gasteiger partial charge in [0.15, 0.2) is 0 Å². The van der Waals surface area contributed by atoms with Gasteiger partial charge in [0.05, 0.1) is 0 Å². The number of benzene rings is 4. The molecule has 0 aromatic heterocycles. The fourth-order valence-electron chi connectivity index (χ4n) is 7.62. The van der Waals surface area contributed by atoms with Gasteiger partial charge >= 0.3 is 0 Å². The third-order valence-electron chi connectivity index (χ3n) is 9.25. The van der Waals surface area contributed by atoms with Gasteiger partial charge in [-0.1, -0.05) is 148 Å². The van der Waals surface area contributed by atoms with E-state index in [4.69, 9.17) is 0 Å². The first-order valence-electron chi connectivity index (χ1n) is 13.7. The molecule has 3 aliphatic carbocycles. The van der Waals surface area contributed by atoms with Crippen LogP contribution in [0.4, 0.5) is 0 Å². The molecule has 0 spiro atoms. The fourth-order valence-corrected chi connectivity index (χ4v) is 7.62. The van der Waals surface area contributed by atoms with Gasteiger partial charge in [0.25, 0.3) is 0 Å². The van der Waals surface area contributed by atoms with E-state index in [0.717, 1.165) is 6.42 Å². The average Bonchev–Trinajstić information content (AvgIpc) is 3.60. The predicted octanol–water partition coefficient (Wildman–Crippen LogP) is 9.45. The molecule has 0 radical (unpaired) electrons. The van der Waals surface area contributed by atoms with Crippen molar-refractivity contribution >= 4 is 0 Å². The van der Waals surface area contributed by atoms with Crippen LogP contribution >= 0.6 is 0 Å². The minimum absolute atomic E-state index is 0.0662. The van der Waals surface area contributed by atoms with Crippen LogP contribution in [0.5, 0.6) is 0 Å². The quantitative estimate of drug-likeness (QED) is 0.275. The van der Waals surface area contributed by atoms with Crippen LogP contribution in [0.1, 0.15) is 61.3 Å². The first-order chi connectivity index (χ1) is 18.0. The molecule has 182 valence electrons. The number of allylic oxidation sites excluding steroid dienone is 4. The first kappa shape index (κ1) is 22.5. The second kappa shape index (κ2) is 8.18. The Hall–Kier alpha value is -3.64. The first-order valence-corrected chi connectivity index (χ1v) is 13.7. The molecule has 0 N–H and O–H groups in total. The minimum atomic E-state index is -0.0662. The normalized spacial score (nSPS) is 24.3. The highest BCUT2D eigenvalue weighted by Crippen LogP contribution is 2.67. The maximum absolute atomic E-state index is 2.65. The van der Waals surface area contributed by atoms with Gasteiger partial charge in [-0.15, -0.1) is 0 Å². The van der Waals surface area contributed by atoms with Gasteiger partial charge in [0, 0.05) is 23.2 Å². The summed E-state index contributed by atoms with van der Waals surface area (Å²) >= 11 is 0. The second-order valence-electron chi connectivity index (χ2n) is 12.2. The Bertz CT molecular complexity index is 1480. The zero-order valence-corrected chi connectivity index (χ0v) is 22.0. The Balaban J connectivity index is 1.54. The van der Waals surface area contributed by atoms with Gasteiger partial charge < -0.3 is 0 Å². The van der Waals surface area contributed by atoms with E-state index >= 15 is 0 Å². The minimum Gasteiger partial charge on any atom is -0.0726 e. The molecule has 7 rings (SSSR count). The van der Waals surface area contributed by atoms with Crippen molar-refractivity contribution in [3.63, 3.8) is 0 Å².